The second-order valence-electron chi connectivity index (χ2n) is 7.00. The van der Waals surface area contributed by atoms with Gasteiger partial charge >= 0.3 is 0 Å². The highest BCUT2D eigenvalue weighted by molar-refractivity contribution is 5.65. The minimum atomic E-state index is -0.158. The standard InChI is InChI=1S/C21H22FN/c1-13(2)16-8-4-11-19-17-9-5-10-18(17)20(23-21(16)19)14-6-3-7-15(22)12-14/h3-9,11-13,17-18,20,23H,10H2,1-2H3/t17-,18+,20-/m1/s1. The molecule has 1 nitrogen and oxygen atoms in total. The number of benzene rings is 2. The topological polar surface area (TPSA) is 12.0 Å². The number of nitrogens with one attached hydrogen (secondary N) is 1. The largest absolute Gasteiger partial charge is 0.377 e. The van der Waals surface area contributed by atoms with Crippen molar-refractivity contribution in [1.29, 1.82) is 0 Å². The second kappa shape index (κ2) is 5.52. The van der Waals surface area contributed by atoms with E-state index in [-0.39, 0.29) is 11.9 Å². The summed E-state index contributed by atoms with van der Waals surface area (Å²) in [6.45, 7) is 4.45. The van der Waals surface area contributed by atoms with Gasteiger partial charge in [-0.15, -0.1) is 0 Å². The van der Waals surface area contributed by atoms with Gasteiger partial charge in [-0.3, -0.25) is 0 Å². The molecule has 118 valence electrons. The van der Waals surface area contributed by atoms with Gasteiger partial charge in [0.25, 0.3) is 0 Å². The second-order valence-corrected chi connectivity index (χ2v) is 7.00. The Kier molecular flexibility index (Phi) is 3.48. The third kappa shape index (κ3) is 2.37. The van der Waals surface area contributed by atoms with Gasteiger partial charge in [0, 0.05) is 11.6 Å². The molecule has 4 rings (SSSR count). The van der Waals surface area contributed by atoms with Crippen LogP contribution in [0.25, 0.3) is 0 Å². The maximum Gasteiger partial charge on any atom is 0.123 e. The zero-order valence-corrected chi connectivity index (χ0v) is 13.6. The summed E-state index contributed by atoms with van der Waals surface area (Å²) in [6.07, 6.45) is 5.66. The predicted molar refractivity (Wildman–Crippen MR) is 93.3 cm³/mol. The molecule has 0 saturated heterocycles. The Hall–Kier alpha value is -2.09. The Balaban J connectivity index is 1.83. The zero-order valence-electron chi connectivity index (χ0n) is 13.6. The summed E-state index contributed by atoms with van der Waals surface area (Å²) in [5, 5.41) is 3.76. The highest BCUT2D eigenvalue weighted by atomic mass is 19.1. The Morgan fingerprint density at radius 1 is 1.13 bits per heavy atom. The smallest absolute Gasteiger partial charge is 0.123 e. The van der Waals surface area contributed by atoms with E-state index in [4.69, 9.17) is 0 Å². The summed E-state index contributed by atoms with van der Waals surface area (Å²) in [5.41, 5.74) is 5.04. The average molecular weight is 307 g/mol. The molecule has 0 amide bonds. The van der Waals surface area contributed by atoms with Crippen LogP contribution in [0.2, 0.25) is 0 Å². The zero-order chi connectivity index (χ0) is 16.0. The van der Waals surface area contributed by atoms with Crippen LogP contribution < -0.4 is 5.32 Å². The molecule has 0 aromatic heterocycles. The molecule has 0 radical (unpaired) electrons. The highest BCUT2D eigenvalue weighted by Crippen LogP contribution is 2.51. The minimum Gasteiger partial charge on any atom is -0.377 e. The van der Waals surface area contributed by atoms with Crippen molar-refractivity contribution in [1.82, 2.24) is 0 Å². The third-order valence-corrected chi connectivity index (χ3v) is 5.26. The van der Waals surface area contributed by atoms with Crippen LogP contribution >= 0.6 is 0 Å². The van der Waals surface area contributed by atoms with E-state index < -0.39 is 0 Å². The third-order valence-electron chi connectivity index (χ3n) is 5.26. The van der Waals surface area contributed by atoms with Crippen LogP contribution in [0.1, 0.15) is 54.8 Å². The molecule has 2 aliphatic rings. The van der Waals surface area contributed by atoms with Crippen molar-refractivity contribution in [3.05, 3.63) is 77.1 Å². The Morgan fingerprint density at radius 2 is 1.96 bits per heavy atom. The van der Waals surface area contributed by atoms with Crippen LogP contribution in [0.5, 0.6) is 0 Å². The van der Waals surface area contributed by atoms with Crippen molar-refractivity contribution in [2.75, 3.05) is 5.32 Å². The normalized spacial score (nSPS) is 25.1. The van der Waals surface area contributed by atoms with Gasteiger partial charge < -0.3 is 5.32 Å². The van der Waals surface area contributed by atoms with Gasteiger partial charge in [-0.1, -0.05) is 56.3 Å². The van der Waals surface area contributed by atoms with Gasteiger partial charge in [0.15, 0.2) is 0 Å². The number of rotatable bonds is 2. The number of para-hydroxylation sites is 1. The number of halogens is 1. The van der Waals surface area contributed by atoms with Gasteiger partial charge in [-0.25, -0.2) is 4.39 Å². The number of allylic oxidation sites excluding steroid dienone is 2. The van der Waals surface area contributed by atoms with Crippen LogP contribution in [0.4, 0.5) is 10.1 Å². The molecule has 1 N–H and O–H groups in total. The summed E-state index contributed by atoms with van der Waals surface area (Å²) in [6, 6.07) is 13.8. The van der Waals surface area contributed by atoms with Crippen molar-refractivity contribution < 1.29 is 4.39 Å². The fraction of sp³-hybridized carbons (Fsp3) is 0.333. The van der Waals surface area contributed by atoms with Gasteiger partial charge in [-0.2, -0.15) is 0 Å². The molecular formula is C21H22FN. The van der Waals surface area contributed by atoms with E-state index in [0.29, 0.717) is 17.8 Å². The quantitative estimate of drug-likeness (QED) is 0.694. The predicted octanol–water partition coefficient (Wildman–Crippen LogP) is 5.78. The van der Waals surface area contributed by atoms with Gasteiger partial charge in [0.1, 0.15) is 5.82 Å². The monoisotopic (exact) mass is 307 g/mol. The first-order chi connectivity index (χ1) is 11.1. The molecule has 0 bridgehead atoms. The highest BCUT2D eigenvalue weighted by Gasteiger charge is 2.38. The van der Waals surface area contributed by atoms with Gasteiger partial charge in [-0.05, 0) is 47.1 Å². The summed E-state index contributed by atoms with van der Waals surface area (Å²) in [5.74, 6) is 1.20. The maximum absolute atomic E-state index is 13.7. The Morgan fingerprint density at radius 3 is 2.74 bits per heavy atom. The minimum absolute atomic E-state index is 0.158. The van der Waals surface area contributed by atoms with Crippen molar-refractivity contribution in [2.24, 2.45) is 5.92 Å². The molecule has 23 heavy (non-hydrogen) atoms. The molecule has 1 heterocycles. The van der Waals surface area contributed by atoms with E-state index in [0.717, 1.165) is 12.0 Å². The molecule has 2 aromatic carbocycles. The molecule has 0 fully saturated rings. The molecule has 2 heteroatoms. The van der Waals surface area contributed by atoms with E-state index in [2.05, 4.69) is 49.5 Å². The molecule has 1 aliphatic heterocycles. The lowest BCUT2D eigenvalue weighted by molar-refractivity contribution is 0.423. The summed E-state index contributed by atoms with van der Waals surface area (Å²) < 4.78 is 13.7. The molecular weight excluding hydrogens is 285 g/mol. The van der Waals surface area contributed by atoms with Crippen molar-refractivity contribution in [2.45, 2.75) is 38.1 Å². The number of hydrogen-bond acceptors (Lipinski definition) is 1. The van der Waals surface area contributed by atoms with Gasteiger partial charge in [0.2, 0.25) is 0 Å². The van der Waals surface area contributed by atoms with Gasteiger partial charge in [0.05, 0.1) is 6.04 Å². The van der Waals surface area contributed by atoms with Crippen LogP contribution in [0.15, 0.2) is 54.6 Å². The molecule has 0 spiro atoms. The molecule has 3 atom stereocenters. The molecule has 1 aliphatic carbocycles. The summed E-state index contributed by atoms with van der Waals surface area (Å²) >= 11 is 0. The van der Waals surface area contributed by atoms with E-state index >= 15 is 0 Å². The first-order valence-electron chi connectivity index (χ1n) is 8.46. The lowest BCUT2D eigenvalue weighted by atomic mass is 9.75. The van der Waals surface area contributed by atoms with Crippen LogP contribution in [-0.2, 0) is 0 Å². The van der Waals surface area contributed by atoms with E-state index in [1.165, 1.54) is 22.9 Å². The molecule has 0 saturated carbocycles. The molecule has 2 aromatic rings. The Bertz CT molecular complexity index is 762. The lowest BCUT2D eigenvalue weighted by Gasteiger charge is -2.39. The first kappa shape index (κ1) is 14.5. The number of anilines is 1. The maximum atomic E-state index is 13.7. The van der Waals surface area contributed by atoms with Crippen molar-refractivity contribution in [3.63, 3.8) is 0 Å². The van der Waals surface area contributed by atoms with Crippen LogP contribution in [0, 0.1) is 11.7 Å². The first-order valence-corrected chi connectivity index (χ1v) is 8.46. The summed E-state index contributed by atoms with van der Waals surface area (Å²) in [4.78, 5) is 0. The molecule has 0 unspecified atom stereocenters. The van der Waals surface area contributed by atoms with E-state index in [1.54, 1.807) is 6.07 Å². The van der Waals surface area contributed by atoms with Crippen LogP contribution in [0.3, 0.4) is 0 Å². The lowest BCUT2D eigenvalue weighted by Crippen LogP contribution is -2.30. The van der Waals surface area contributed by atoms with E-state index in [1.807, 2.05) is 12.1 Å². The number of hydrogen-bond donors (Lipinski definition) is 1. The number of fused-ring (bicyclic) bond motifs is 3. The summed E-state index contributed by atoms with van der Waals surface area (Å²) in [7, 11) is 0. The van der Waals surface area contributed by atoms with Crippen molar-refractivity contribution >= 4 is 5.69 Å². The Labute approximate surface area is 137 Å². The fourth-order valence-electron chi connectivity index (χ4n) is 4.16. The fourth-order valence-corrected chi connectivity index (χ4v) is 4.16. The van der Waals surface area contributed by atoms with Crippen LogP contribution in [-0.4, -0.2) is 0 Å². The average Bonchev–Trinajstić information content (AvgIpc) is 3.03. The van der Waals surface area contributed by atoms with E-state index in [9.17, 15) is 4.39 Å². The van der Waals surface area contributed by atoms with Crippen molar-refractivity contribution in [3.8, 4) is 0 Å². The SMILES string of the molecule is CC(C)c1cccc2c1N[C@H](c1cccc(F)c1)[C@H]1CC=C[C@@H]21.